The molecule has 2 aromatic heterocycles. The summed E-state index contributed by atoms with van der Waals surface area (Å²) in [6.45, 7) is 4.63. The van der Waals surface area contributed by atoms with Crippen molar-refractivity contribution in [3.05, 3.63) is 64.5 Å². The topological polar surface area (TPSA) is 79.7 Å². The van der Waals surface area contributed by atoms with Gasteiger partial charge in [0.25, 0.3) is 0 Å². The molecule has 1 aromatic carbocycles. The normalized spacial score (nSPS) is 14.9. The summed E-state index contributed by atoms with van der Waals surface area (Å²) >= 11 is 0. The second-order valence-electron chi connectivity index (χ2n) is 6.69. The Hall–Kier alpha value is -2.68. The van der Waals surface area contributed by atoms with Gasteiger partial charge in [-0.2, -0.15) is 5.26 Å². The van der Waals surface area contributed by atoms with Gasteiger partial charge in [-0.3, -0.25) is 0 Å². The first-order valence-corrected chi connectivity index (χ1v) is 8.60. The number of nitrogens with zero attached hydrogens (tertiary/aromatic N) is 3. The third kappa shape index (κ3) is 2.80. The van der Waals surface area contributed by atoms with Crippen molar-refractivity contribution in [2.24, 2.45) is 5.73 Å². The first kappa shape index (κ1) is 15.8. The maximum atomic E-state index is 8.95. The lowest BCUT2D eigenvalue weighted by molar-refractivity contribution is 0.544. The Labute approximate surface area is 147 Å². The van der Waals surface area contributed by atoms with Crippen LogP contribution in [0.25, 0.3) is 11.0 Å². The second kappa shape index (κ2) is 6.32. The summed E-state index contributed by atoms with van der Waals surface area (Å²) in [5.74, 6) is 0. The number of hydrogen-bond donors (Lipinski definition) is 2. The van der Waals surface area contributed by atoms with E-state index in [1.165, 1.54) is 22.2 Å². The van der Waals surface area contributed by atoms with E-state index >= 15 is 0 Å². The van der Waals surface area contributed by atoms with E-state index in [1.54, 1.807) is 0 Å². The van der Waals surface area contributed by atoms with Crippen LogP contribution >= 0.6 is 0 Å². The highest BCUT2D eigenvalue weighted by atomic mass is 15.1. The monoisotopic (exact) mass is 331 g/mol. The molecule has 1 unspecified atom stereocenters. The number of nitriles is 1. The van der Waals surface area contributed by atoms with Gasteiger partial charge < -0.3 is 15.6 Å². The Bertz CT molecular complexity index is 962. The molecule has 0 fully saturated rings. The number of benzene rings is 1. The number of pyridine rings is 1. The van der Waals surface area contributed by atoms with Crippen LogP contribution in [0.3, 0.4) is 0 Å². The van der Waals surface area contributed by atoms with E-state index in [1.807, 2.05) is 30.5 Å². The quantitative estimate of drug-likeness (QED) is 0.773. The van der Waals surface area contributed by atoms with E-state index in [-0.39, 0.29) is 6.04 Å². The Morgan fingerprint density at radius 2 is 2.16 bits per heavy atom. The van der Waals surface area contributed by atoms with Crippen LogP contribution in [0.15, 0.2) is 36.5 Å². The van der Waals surface area contributed by atoms with Crippen molar-refractivity contribution >= 4 is 11.0 Å². The van der Waals surface area contributed by atoms with E-state index in [0.717, 1.165) is 30.7 Å². The zero-order valence-electron chi connectivity index (χ0n) is 14.3. The summed E-state index contributed by atoms with van der Waals surface area (Å²) in [5, 5.41) is 13.6. The first-order chi connectivity index (χ1) is 12.2. The number of nitrogens with one attached hydrogen (secondary N) is 1. The highest BCUT2D eigenvalue weighted by Crippen LogP contribution is 2.29. The highest BCUT2D eigenvalue weighted by Gasteiger charge is 2.22. The molecule has 0 saturated heterocycles. The van der Waals surface area contributed by atoms with Gasteiger partial charge >= 0.3 is 0 Å². The predicted molar refractivity (Wildman–Crippen MR) is 98.0 cm³/mol. The molecule has 1 atom stereocenters. The average Bonchev–Trinajstić information content (AvgIpc) is 2.95. The van der Waals surface area contributed by atoms with Crippen molar-refractivity contribution in [1.82, 2.24) is 14.9 Å². The Morgan fingerprint density at radius 3 is 2.92 bits per heavy atom. The molecule has 0 spiro atoms. The number of aromatic nitrogens is 2. The van der Waals surface area contributed by atoms with E-state index in [2.05, 4.69) is 28.9 Å². The van der Waals surface area contributed by atoms with Gasteiger partial charge in [-0.25, -0.2) is 4.98 Å². The smallest absolute Gasteiger partial charge is 0.140 e. The Balaban J connectivity index is 1.74. The van der Waals surface area contributed by atoms with E-state index in [4.69, 9.17) is 16.0 Å². The standard InChI is InChI=1S/C20H21N5/c1-13-8-16-17-11-23-7-6-19(17)25(20(16)24-10-13)12-18(22)15-4-2-14(9-21)3-5-15/h2-5,8,10,18,23H,6-7,11-12,22H2,1H3. The molecule has 3 aromatic rings. The summed E-state index contributed by atoms with van der Waals surface area (Å²) in [4.78, 5) is 4.70. The molecule has 126 valence electrons. The second-order valence-corrected chi connectivity index (χ2v) is 6.69. The van der Waals surface area contributed by atoms with Crippen LogP contribution < -0.4 is 11.1 Å². The van der Waals surface area contributed by atoms with Gasteiger partial charge in [-0.15, -0.1) is 0 Å². The number of hydrogen-bond acceptors (Lipinski definition) is 4. The number of aryl methyl sites for hydroxylation is 1. The van der Waals surface area contributed by atoms with Gasteiger partial charge in [0.2, 0.25) is 0 Å². The molecule has 4 rings (SSSR count). The summed E-state index contributed by atoms with van der Waals surface area (Å²) in [6, 6.07) is 11.8. The third-order valence-corrected chi connectivity index (χ3v) is 4.95. The van der Waals surface area contributed by atoms with Crippen LogP contribution in [0.2, 0.25) is 0 Å². The minimum absolute atomic E-state index is 0.134. The highest BCUT2D eigenvalue weighted by molar-refractivity contribution is 5.83. The van der Waals surface area contributed by atoms with E-state index in [0.29, 0.717) is 12.1 Å². The maximum Gasteiger partial charge on any atom is 0.140 e. The molecule has 25 heavy (non-hydrogen) atoms. The van der Waals surface area contributed by atoms with Crippen LogP contribution in [0, 0.1) is 18.3 Å². The van der Waals surface area contributed by atoms with Gasteiger partial charge in [0.15, 0.2) is 0 Å². The largest absolute Gasteiger partial charge is 0.327 e. The summed E-state index contributed by atoms with van der Waals surface area (Å²) < 4.78 is 2.29. The van der Waals surface area contributed by atoms with Crippen LogP contribution in [0.4, 0.5) is 0 Å². The molecular weight excluding hydrogens is 310 g/mol. The molecule has 0 amide bonds. The average molecular weight is 331 g/mol. The zero-order chi connectivity index (χ0) is 17.4. The lowest BCUT2D eigenvalue weighted by atomic mass is 10.0. The lowest BCUT2D eigenvalue weighted by Crippen LogP contribution is -2.26. The molecule has 0 radical (unpaired) electrons. The predicted octanol–water partition coefficient (Wildman–Crippen LogP) is 2.56. The number of fused-ring (bicyclic) bond motifs is 3. The first-order valence-electron chi connectivity index (χ1n) is 8.60. The molecule has 1 aliphatic rings. The van der Waals surface area contributed by atoms with Crippen molar-refractivity contribution in [1.29, 1.82) is 5.26 Å². The van der Waals surface area contributed by atoms with Crippen molar-refractivity contribution in [2.45, 2.75) is 32.5 Å². The number of nitrogens with two attached hydrogens (primary N) is 1. The Kier molecular flexibility index (Phi) is 4.00. The summed E-state index contributed by atoms with van der Waals surface area (Å²) in [7, 11) is 0. The molecule has 5 nitrogen and oxygen atoms in total. The van der Waals surface area contributed by atoms with Gasteiger partial charge in [-0.05, 0) is 41.8 Å². The maximum absolute atomic E-state index is 8.95. The van der Waals surface area contributed by atoms with Crippen molar-refractivity contribution in [3.8, 4) is 6.07 Å². The van der Waals surface area contributed by atoms with Crippen LogP contribution in [-0.4, -0.2) is 16.1 Å². The zero-order valence-corrected chi connectivity index (χ0v) is 14.3. The molecule has 3 heterocycles. The van der Waals surface area contributed by atoms with Crippen molar-refractivity contribution in [3.63, 3.8) is 0 Å². The Morgan fingerprint density at radius 1 is 1.36 bits per heavy atom. The molecule has 0 bridgehead atoms. The van der Waals surface area contributed by atoms with Crippen LogP contribution in [0.1, 0.15) is 34.0 Å². The van der Waals surface area contributed by atoms with Crippen molar-refractivity contribution < 1.29 is 0 Å². The number of rotatable bonds is 3. The van der Waals surface area contributed by atoms with E-state index < -0.39 is 0 Å². The third-order valence-electron chi connectivity index (χ3n) is 4.95. The lowest BCUT2D eigenvalue weighted by Gasteiger charge is -2.19. The van der Waals surface area contributed by atoms with Gasteiger partial charge in [0.1, 0.15) is 5.65 Å². The van der Waals surface area contributed by atoms with Crippen LogP contribution in [-0.2, 0) is 19.5 Å². The SMILES string of the molecule is Cc1cnc2c(c1)c1c(n2CC(N)c2ccc(C#N)cc2)CCNC1. The molecule has 5 heteroatoms. The van der Waals surface area contributed by atoms with Crippen LogP contribution in [0.5, 0.6) is 0 Å². The fourth-order valence-corrected chi connectivity index (χ4v) is 3.65. The van der Waals surface area contributed by atoms with Gasteiger partial charge in [-0.1, -0.05) is 12.1 Å². The van der Waals surface area contributed by atoms with Gasteiger partial charge in [0, 0.05) is 49.4 Å². The summed E-state index contributed by atoms with van der Waals surface area (Å²) in [5.41, 5.74) is 13.1. The van der Waals surface area contributed by atoms with Crippen molar-refractivity contribution in [2.75, 3.05) is 6.54 Å². The fraction of sp³-hybridized carbons (Fsp3) is 0.300. The fourth-order valence-electron chi connectivity index (χ4n) is 3.65. The molecule has 1 aliphatic heterocycles. The molecule has 0 saturated carbocycles. The minimum atomic E-state index is -0.134. The molecule has 3 N–H and O–H groups in total. The molecule has 0 aliphatic carbocycles. The molecular formula is C20H21N5. The minimum Gasteiger partial charge on any atom is -0.327 e. The van der Waals surface area contributed by atoms with E-state index in [9.17, 15) is 0 Å². The summed E-state index contributed by atoms with van der Waals surface area (Å²) in [6.07, 6.45) is 2.91. The van der Waals surface area contributed by atoms with Gasteiger partial charge in [0.05, 0.1) is 11.6 Å².